The number of aromatic amines is 1. The highest BCUT2D eigenvalue weighted by atomic mass is 16.5. The zero-order chi connectivity index (χ0) is 17.2. The Hall–Kier alpha value is -2.30. The molecular formula is C20H25N3O2. The van der Waals surface area contributed by atoms with Gasteiger partial charge in [0.05, 0.1) is 18.2 Å². The molecule has 1 aliphatic heterocycles. The number of hydrogen-bond acceptors (Lipinski definition) is 3. The molecule has 1 N–H and O–H groups in total. The van der Waals surface area contributed by atoms with Crippen LogP contribution in [-0.4, -0.2) is 34.7 Å². The lowest BCUT2D eigenvalue weighted by atomic mass is 9.95. The molecule has 25 heavy (non-hydrogen) atoms. The molecule has 0 saturated carbocycles. The minimum absolute atomic E-state index is 0.113. The van der Waals surface area contributed by atoms with Crippen molar-refractivity contribution in [2.75, 3.05) is 13.7 Å². The molecule has 0 fully saturated rings. The molecule has 0 saturated heterocycles. The average Bonchev–Trinajstić information content (AvgIpc) is 2.87. The van der Waals surface area contributed by atoms with Gasteiger partial charge in [0.2, 0.25) is 5.91 Å². The number of fused-ring (bicyclic) bond motifs is 2. The van der Waals surface area contributed by atoms with Crippen LogP contribution in [-0.2, 0) is 30.6 Å². The summed E-state index contributed by atoms with van der Waals surface area (Å²) in [5, 5.41) is 7.68. The van der Waals surface area contributed by atoms with Crippen molar-refractivity contribution in [3.63, 3.8) is 0 Å². The van der Waals surface area contributed by atoms with Gasteiger partial charge in [0, 0.05) is 12.7 Å². The van der Waals surface area contributed by atoms with E-state index in [1.165, 1.54) is 30.5 Å². The Balaban J connectivity index is 1.44. The van der Waals surface area contributed by atoms with E-state index in [0.717, 1.165) is 36.3 Å². The standard InChI is InChI=1S/C20H25N3O2/c1-23(12-18-16-8-3-2-4-9-17(16)21-22-18)20(24)15-11-14-7-5-6-10-19(14)25-13-15/h5-7,10,15H,2-4,8-9,11-13H2,1H3,(H,21,22). The van der Waals surface area contributed by atoms with Gasteiger partial charge in [-0.2, -0.15) is 5.10 Å². The zero-order valence-corrected chi connectivity index (χ0v) is 14.8. The molecule has 1 unspecified atom stereocenters. The predicted molar refractivity (Wildman–Crippen MR) is 95.5 cm³/mol. The highest BCUT2D eigenvalue weighted by Gasteiger charge is 2.29. The van der Waals surface area contributed by atoms with Gasteiger partial charge in [0.15, 0.2) is 0 Å². The fourth-order valence-corrected chi connectivity index (χ4v) is 3.96. The first-order valence-electron chi connectivity index (χ1n) is 9.23. The maximum absolute atomic E-state index is 12.9. The van der Waals surface area contributed by atoms with Crippen molar-refractivity contribution in [3.8, 4) is 5.75 Å². The molecule has 132 valence electrons. The van der Waals surface area contributed by atoms with Gasteiger partial charge in [-0.05, 0) is 49.3 Å². The number of ether oxygens (including phenoxy) is 1. The fraction of sp³-hybridized carbons (Fsp3) is 0.500. The van der Waals surface area contributed by atoms with Crippen molar-refractivity contribution in [1.29, 1.82) is 0 Å². The van der Waals surface area contributed by atoms with Crippen molar-refractivity contribution < 1.29 is 9.53 Å². The normalized spacial score (nSPS) is 19.3. The van der Waals surface area contributed by atoms with Crippen LogP contribution in [0.25, 0.3) is 0 Å². The van der Waals surface area contributed by atoms with Crippen molar-refractivity contribution in [2.24, 2.45) is 5.92 Å². The topological polar surface area (TPSA) is 58.2 Å². The van der Waals surface area contributed by atoms with E-state index in [4.69, 9.17) is 4.74 Å². The SMILES string of the molecule is CN(Cc1n[nH]c2c1CCCCC2)C(=O)C1COc2ccccc2C1. The lowest BCUT2D eigenvalue weighted by Crippen LogP contribution is -2.38. The van der Waals surface area contributed by atoms with E-state index in [1.54, 1.807) is 0 Å². The molecule has 2 aliphatic rings. The summed E-state index contributed by atoms with van der Waals surface area (Å²) >= 11 is 0. The first kappa shape index (κ1) is 16.2. The van der Waals surface area contributed by atoms with Crippen LogP contribution >= 0.6 is 0 Å². The molecule has 0 radical (unpaired) electrons. The Labute approximate surface area is 148 Å². The van der Waals surface area contributed by atoms with Gasteiger partial charge in [-0.15, -0.1) is 0 Å². The van der Waals surface area contributed by atoms with E-state index in [0.29, 0.717) is 13.2 Å². The summed E-state index contributed by atoms with van der Waals surface area (Å²) in [6.07, 6.45) is 6.61. The van der Waals surface area contributed by atoms with Crippen LogP contribution in [0.15, 0.2) is 24.3 Å². The van der Waals surface area contributed by atoms with Gasteiger partial charge in [-0.1, -0.05) is 24.6 Å². The van der Waals surface area contributed by atoms with Gasteiger partial charge in [0.25, 0.3) is 0 Å². The minimum Gasteiger partial charge on any atom is -0.492 e. The Bertz CT molecular complexity index is 768. The number of rotatable bonds is 3. The third-order valence-corrected chi connectivity index (χ3v) is 5.38. The summed E-state index contributed by atoms with van der Waals surface area (Å²) in [5.41, 5.74) is 4.75. The number of carbonyl (C=O) groups excluding carboxylic acids is 1. The first-order valence-corrected chi connectivity index (χ1v) is 9.23. The maximum Gasteiger partial charge on any atom is 0.229 e. The molecule has 1 aromatic carbocycles. The van der Waals surface area contributed by atoms with Gasteiger partial charge in [-0.25, -0.2) is 0 Å². The summed E-state index contributed by atoms with van der Waals surface area (Å²) in [5.74, 6) is 0.934. The molecule has 2 heterocycles. The van der Waals surface area contributed by atoms with E-state index in [9.17, 15) is 4.79 Å². The number of aromatic nitrogens is 2. The van der Waals surface area contributed by atoms with Crippen LogP contribution < -0.4 is 4.74 Å². The molecule has 0 bridgehead atoms. The van der Waals surface area contributed by atoms with Gasteiger partial charge in [-0.3, -0.25) is 9.89 Å². The van der Waals surface area contributed by atoms with Crippen LogP contribution in [0.4, 0.5) is 0 Å². The number of carbonyl (C=O) groups is 1. The van der Waals surface area contributed by atoms with Crippen LogP contribution in [0.5, 0.6) is 5.75 Å². The third-order valence-electron chi connectivity index (χ3n) is 5.38. The van der Waals surface area contributed by atoms with Crippen LogP contribution in [0.1, 0.15) is 41.8 Å². The molecule has 1 aliphatic carbocycles. The predicted octanol–water partition coefficient (Wildman–Crippen LogP) is 2.89. The molecule has 5 nitrogen and oxygen atoms in total. The molecular weight excluding hydrogens is 314 g/mol. The number of para-hydroxylation sites is 1. The molecule has 1 atom stereocenters. The van der Waals surface area contributed by atoms with Crippen LogP contribution in [0.2, 0.25) is 0 Å². The lowest BCUT2D eigenvalue weighted by Gasteiger charge is -2.28. The zero-order valence-electron chi connectivity index (χ0n) is 14.8. The van der Waals surface area contributed by atoms with E-state index >= 15 is 0 Å². The minimum atomic E-state index is -0.113. The second kappa shape index (κ2) is 6.90. The van der Waals surface area contributed by atoms with E-state index < -0.39 is 0 Å². The van der Waals surface area contributed by atoms with Crippen LogP contribution in [0.3, 0.4) is 0 Å². The summed E-state index contributed by atoms with van der Waals surface area (Å²) in [6, 6.07) is 7.98. The molecule has 5 heteroatoms. The largest absolute Gasteiger partial charge is 0.492 e. The van der Waals surface area contributed by atoms with E-state index in [2.05, 4.69) is 10.2 Å². The Morgan fingerprint density at radius 3 is 3.04 bits per heavy atom. The molecule has 1 aromatic heterocycles. The Morgan fingerprint density at radius 2 is 2.12 bits per heavy atom. The van der Waals surface area contributed by atoms with Gasteiger partial charge >= 0.3 is 0 Å². The average molecular weight is 339 g/mol. The monoisotopic (exact) mass is 339 g/mol. The summed E-state index contributed by atoms with van der Waals surface area (Å²) in [7, 11) is 1.88. The van der Waals surface area contributed by atoms with Crippen molar-refractivity contribution >= 4 is 5.91 Å². The number of nitrogens with one attached hydrogen (secondary N) is 1. The fourth-order valence-electron chi connectivity index (χ4n) is 3.96. The molecule has 2 aromatic rings. The smallest absolute Gasteiger partial charge is 0.229 e. The summed E-state index contributed by atoms with van der Waals surface area (Å²) in [6.45, 7) is 1.03. The number of benzene rings is 1. The van der Waals surface area contributed by atoms with E-state index in [1.807, 2.05) is 36.2 Å². The Kier molecular flexibility index (Phi) is 4.47. The maximum atomic E-state index is 12.9. The highest BCUT2D eigenvalue weighted by molar-refractivity contribution is 5.79. The highest BCUT2D eigenvalue weighted by Crippen LogP contribution is 2.28. The summed E-state index contributed by atoms with van der Waals surface area (Å²) in [4.78, 5) is 14.7. The van der Waals surface area contributed by atoms with Crippen molar-refractivity contribution in [3.05, 3.63) is 46.8 Å². The van der Waals surface area contributed by atoms with Crippen LogP contribution in [0, 0.1) is 5.92 Å². The Morgan fingerprint density at radius 1 is 1.28 bits per heavy atom. The van der Waals surface area contributed by atoms with Gasteiger partial charge in [0.1, 0.15) is 12.4 Å². The molecule has 0 spiro atoms. The third kappa shape index (κ3) is 3.28. The number of nitrogens with zero attached hydrogens (tertiary/aromatic N) is 2. The van der Waals surface area contributed by atoms with Crippen molar-refractivity contribution in [1.82, 2.24) is 15.1 Å². The quantitative estimate of drug-likeness (QED) is 0.875. The number of amides is 1. The second-order valence-electron chi connectivity index (χ2n) is 7.20. The van der Waals surface area contributed by atoms with Crippen molar-refractivity contribution in [2.45, 2.75) is 45.1 Å². The van der Waals surface area contributed by atoms with E-state index in [-0.39, 0.29) is 11.8 Å². The first-order chi connectivity index (χ1) is 12.2. The number of aryl methyl sites for hydroxylation is 1. The number of H-pyrrole nitrogens is 1. The molecule has 4 rings (SSSR count). The lowest BCUT2D eigenvalue weighted by molar-refractivity contribution is -0.136. The second-order valence-corrected chi connectivity index (χ2v) is 7.20. The summed E-state index contributed by atoms with van der Waals surface area (Å²) < 4.78 is 5.78. The van der Waals surface area contributed by atoms with Gasteiger partial charge < -0.3 is 9.64 Å². The number of hydrogen-bond donors (Lipinski definition) is 1. The molecule has 1 amide bonds.